The first kappa shape index (κ1) is 14.0. The molecule has 110 valence electrons. The molecule has 1 aromatic heterocycles. The highest BCUT2D eigenvalue weighted by Crippen LogP contribution is 2.40. The minimum atomic E-state index is -0.618. The monoisotopic (exact) mass is 308 g/mol. The first-order valence-electron chi connectivity index (χ1n) is 6.57. The molecule has 5 nitrogen and oxygen atoms in total. The van der Waals surface area contributed by atoms with Crippen molar-refractivity contribution in [1.29, 1.82) is 0 Å². The van der Waals surface area contributed by atoms with Crippen LogP contribution in [0.4, 0.5) is 10.2 Å². The summed E-state index contributed by atoms with van der Waals surface area (Å²) >= 11 is 5.75. The molecule has 0 radical (unpaired) electrons. The third-order valence-corrected chi connectivity index (χ3v) is 3.61. The van der Waals surface area contributed by atoms with Crippen LogP contribution in [0.15, 0.2) is 18.2 Å². The van der Waals surface area contributed by atoms with E-state index in [1.807, 2.05) is 0 Å². The Hall–Kier alpha value is -1.92. The Kier molecular flexibility index (Phi) is 3.65. The topological polar surface area (TPSA) is 73.1 Å². The molecular weight excluding hydrogens is 295 g/mol. The van der Waals surface area contributed by atoms with Crippen LogP contribution >= 0.6 is 11.6 Å². The number of hydrazine groups is 1. The Morgan fingerprint density at radius 3 is 2.81 bits per heavy atom. The molecule has 3 rings (SSSR count). The second-order valence-electron chi connectivity index (χ2n) is 4.93. The van der Waals surface area contributed by atoms with Crippen LogP contribution in [0.5, 0.6) is 11.6 Å². The van der Waals surface area contributed by atoms with Crippen LogP contribution in [0.3, 0.4) is 0 Å². The van der Waals surface area contributed by atoms with Gasteiger partial charge in [-0.25, -0.2) is 15.2 Å². The summed E-state index contributed by atoms with van der Waals surface area (Å²) in [6.45, 7) is 1.75. The number of hydrogen-bond donors (Lipinski definition) is 2. The number of hydrogen-bond acceptors (Lipinski definition) is 5. The molecule has 7 heteroatoms. The van der Waals surface area contributed by atoms with Crippen LogP contribution in [0.1, 0.15) is 30.1 Å². The molecule has 1 aromatic carbocycles. The van der Waals surface area contributed by atoms with Crippen molar-refractivity contribution in [2.24, 2.45) is 5.84 Å². The minimum absolute atomic E-state index is 0.00111. The van der Waals surface area contributed by atoms with Gasteiger partial charge in [-0.3, -0.25) is 0 Å². The molecule has 0 bridgehead atoms. The molecule has 3 N–H and O–H groups in total. The molecule has 1 aliphatic rings. The van der Waals surface area contributed by atoms with E-state index < -0.39 is 5.82 Å². The minimum Gasteiger partial charge on any atom is -0.435 e. The average Bonchev–Trinajstić information content (AvgIpc) is 3.30. The number of aromatic nitrogens is 2. The summed E-state index contributed by atoms with van der Waals surface area (Å²) in [5.41, 5.74) is 3.13. The second kappa shape index (κ2) is 5.46. The number of rotatable bonds is 4. The van der Waals surface area contributed by atoms with Crippen LogP contribution in [0.2, 0.25) is 5.02 Å². The van der Waals surface area contributed by atoms with Crippen molar-refractivity contribution >= 4 is 17.4 Å². The molecule has 0 atom stereocenters. The molecule has 0 amide bonds. The molecule has 21 heavy (non-hydrogen) atoms. The van der Waals surface area contributed by atoms with E-state index in [9.17, 15) is 4.39 Å². The number of nitrogens with two attached hydrogens (primary N) is 1. The van der Waals surface area contributed by atoms with E-state index in [1.54, 1.807) is 13.0 Å². The van der Waals surface area contributed by atoms with Gasteiger partial charge in [0.05, 0.1) is 10.6 Å². The van der Waals surface area contributed by atoms with Gasteiger partial charge in [0.15, 0.2) is 17.4 Å². The number of benzene rings is 1. The lowest BCUT2D eigenvalue weighted by molar-refractivity contribution is 0.422. The van der Waals surface area contributed by atoms with Crippen LogP contribution in [0.25, 0.3) is 0 Å². The number of nitrogens with one attached hydrogen (secondary N) is 1. The zero-order valence-corrected chi connectivity index (χ0v) is 12.1. The summed E-state index contributed by atoms with van der Waals surface area (Å²) in [4.78, 5) is 8.72. The fraction of sp³-hybridized carbons (Fsp3) is 0.286. The molecule has 1 aliphatic carbocycles. The highest BCUT2D eigenvalue weighted by Gasteiger charge is 2.28. The first-order valence-corrected chi connectivity index (χ1v) is 6.95. The van der Waals surface area contributed by atoms with Crippen molar-refractivity contribution in [3.05, 3.63) is 40.4 Å². The number of ether oxygens (including phenoxy) is 1. The second-order valence-corrected chi connectivity index (χ2v) is 5.34. The first-order chi connectivity index (χ1) is 10.1. The van der Waals surface area contributed by atoms with Gasteiger partial charge >= 0.3 is 0 Å². The lowest BCUT2D eigenvalue weighted by atomic mass is 10.3. The van der Waals surface area contributed by atoms with E-state index in [0.29, 0.717) is 23.1 Å². The van der Waals surface area contributed by atoms with Gasteiger partial charge in [0.1, 0.15) is 5.82 Å². The Labute approximate surface area is 126 Å². The molecule has 0 saturated heterocycles. The van der Waals surface area contributed by atoms with E-state index in [-0.39, 0.29) is 16.7 Å². The maximum atomic E-state index is 13.9. The van der Waals surface area contributed by atoms with Crippen molar-refractivity contribution < 1.29 is 9.13 Å². The van der Waals surface area contributed by atoms with Crippen LogP contribution in [0, 0.1) is 12.7 Å². The maximum absolute atomic E-state index is 13.9. The molecular formula is C14H14ClFN4O. The molecule has 1 heterocycles. The predicted octanol–water partition coefficient (Wildman–Crippen LogP) is 3.53. The van der Waals surface area contributed by atoms with E-state index in [4.69, 9.17) is 22.2 Å². The van der Waals surface area contributed by atoms with Crippen LogP contribution in [-0.4, -0.2) is 9.97 Å². The Bertz CT molecular complexity index is 691. The number of nitrogens with zero attached hydrogens (tertiary/aromatic N) is 2. The Morgan fingerprint density at radius 2 is 2.14 bits per heavy atom. The van der Waals surface area contributed by atoms with E-state index in [1.165, 1.54) is 12.1 Å². The van der Waals surface area contributed by atoms with E-state index in [2.05, 4.69) is 15.4 Å². The number of nitrogen functional groups attached to an aromatic ring is 1. The summed E-state index contributed by atoms with van der Waals surface area (Å²) in [6, 6.07) is 4.56. The van der Waals surface area contributed by atoms with E-state index >= 15 is 0 Å². The normalized spacial score (nSPS) is 14.1. The third-order valence-electron chi connectivity index (χ3n) is 3.32. The van der Waals surface area contributed by atoms with Crippen LogP contribution in [-0.2, 0) is 0 Å². The summed E-state index contributed by atoms with van der Waals surface area (Å²) in [7, 11) is 0. The predicted molar refractivity (Wildman–Crippen MR) is 78.0 cm³/mol. The molecule has 0 spiro atoms. The molecule has 1 saturated carbocycles. The number of halogens is 2. The highest BCUT2D eigenvalue weighted by atomic mass is 35.5. The maximum Gasteiger partial charge on any atom is 0.227 e. The molecule has 1 fully saturated rings. The van der Waals surface area contributed by atoms with Gasteiger partial charge in [0, 0.05) is 5.92 Å². The SMILES string of the molecule is Cc1c(NN)nc(C2CC2)nc1Oc1cccc(Cl)c1F. The van der Waals surface area contributed by atoms with Gasteiger partial charge in [-0.1, -0.05) is 17.7 Å². The third kappa shape index (κ3) is 2.77. The lowest BCUT2D eigenvalue weighted by Gasteiger charge is -2.13. The van der Waals surface area contributed by atoms with Gasteiger partial charge in [-0.2, -0.15) is 4.98 Å². The Morgan fingerprint density at radius 1 is 1.38 bits per heavy atom. The van der Waals surface area contributed by atoms with E-state index in [0.717, 1.165) is 12.8 Å². The quantitative estimate of drug-likeness (QED) is 0.667. The average molecular weight is 309 g/mol. The van der Waals surface area contributed by atoms with Gasteiger partial charge < -0.3 is 10.2 Å². The summed E-state index contributed by atoms with van der Waals surface area (Å²) in [6.07, 6.45) is 2.08. The van der Waals surface area contributed by atoms with Gasteiger partial charge in [-0.05, 0) is 31.9 Å². The molecule has 0 unspecified atom stereocenters. The van der Waals surface area contributed by atoms with Crippen molar-refractivity contribution in [1.82, 2.24) is 9.97 Å². The molecule has 2 aromatic rings. The lowest BCUT2D eigenvalue weighted by Crippen LogP contribution is -2.13. The van der Waals surface area contributed by atoms with Crippen molar-refractivity contribution in [2.75, 3.05) is 5.43 Å². The van der Waals surface area contributed by atoms with Crippen molar-refractivity contribution in [2.45, 2.75) is 25.7 Å². The number of anilines is 1. The molecule has 0 aliphatic heterocycles. The van der Waals surface area contributed by atoms with Crippen LogP contribution < -0.4 is 16.0 Å². The zero-order valence-electron chi connectivity index (χ0n) is 11.4. The van der Waals surface area contributed by atoms with Gasteiger partial charge in [-0.15, -0.1) is 0 Å². The van der Waals surface area contributed by atoms with Crippen molar-refractivity contribution in [3.63, 3.8) is 0 Å². The largest absolute Gasteiger partial charge is 0.435 e. The van der Waals surface area contributed by atoms with Gasteiger partial charge in [0.2, 0.25) is 5.88 Å². The smallest absolute Gasteiger partial charge is 0.227 e. The van der Waals surface area contributed by atoms with Gasteiger partial charge in [0.25, 0.3) is 0 Å². The summed E-state index contributed by atoms with van der Waals surface area (Å²) in [5, 5.41) is -0.00111. The standard InChI is InChI=1S/C14H14ClFN4O/c1-7-12(20-17)18-13(8-5-6-8)19-14(7)21-10-4-2-3-9(15)11(10)16/h2-4,8H,5-6,17H2,1H3,(H,18,19,20). The zero-order chi connectivity index (χ0) is 15.0. The highest BCUT2D eigenvalue weighted by molar-refractivity contribution is 6.30. The van der Waals surface area contributed by atoms with Crippen molar-refractivity contribution in [3.8, 4) is 11.6 Å². The fourth-order valence-electron chi connectivity index (χ4n) is 1.94. The Balaban J connectivity index is 2.01. The summed E-state index contributed by atoms with van der Waals surface area (Å²) in [5.74, 6) is 6.61. The summed E-state index contributed by atoms with van der Waals surface area (Å²) < 4.78 is 19.5. The fourth-order valence-corrected chi connectivity index (χ4v) is 2.11.